The lowest BCUT2D eigenvalue weighted by molar-refractivity contribution is -0.142. The van der Waals surface area contributed by atoms with Crippen molar-refractivity contribution in [2.75, 3.05) is 26.2 Å². The van der Waals surface area contributed by atoms with Crippen LogP contribution in [0.15, 0.2) is 78.2 Å². The van der Waals surface area contributed by atoms with Crippen LogP contribution in [0.2, 0.25) is 0 Å². The van der Waals surface area contributed by atoms with Crippen LogP contribution in [-0.2, 0) is 25.4 Å². The van der Waals surface area contributed by atoms with Gasteiger partial charge in [0.15, 0.2) is 0 Å². The minimum atomic E-state index is -1.12. The number of likely N-dealkylation sites (tertiary alicyclic amines) is 2. The number of carbonyl (C=O) groups is 2. The Balaban J connectivity index is 1.04. The molecule has 4 aromatic heterocycles. The molecule has 0 bridgehead atoms. The first-order valence-electron chi connectivity index (χ1n) is 15.6. The van der Waals surface area contributed by atoms with E-state index in [0.29, 0.717) is 61.4 Å². The summed E-state index contributed by atoms with van der Waals surface area (Å²) in [5.74, 6) is -0.387. The molecule has 46 heavy (non-hydrogen) atoms. The van der Waals surface area contributed by atoms with Gasteiger partial charge in [0.1, 0.15) is 12.0 Å². The van der Waals surface area contributed by atoms with Gasteiger partial charge in [0, 0.05) is 74.9 Å². The van der Waals surface area contributed by atoms with E-state index >= 15 is 0 Å². The smallest absolute Gasteiger partial charge is 0.263 e. The first-order valence-corrected chi connectivity index (χ1v) is 16.5. The first kappa shape index (κ1) is 30.1. The number of aliphatic hydroxyl groups is 1. The van der Waals surface area contributed by atoms with E-state index in [4.69, 9.17) is 0 Å². The fraction of sp³-hybridized carbons (Fsp3) is 0.382. The third-order valence-corrected chi connectivity index (χ3v) is 10.7. The Morgan fingerprint density at radius 3 is 2.54 bits per heavy atom. The molecule has 6 heterocycles. The number of aryl methyl sites for hydroxylation is 2. The number of thiophene rings is 1. The summed E-state index contributed by atoms with van der Waals surface area (Å²) in [4.78, 5) is 50.6. The summed E-state index contributed by atoms with van der Waals surface area (Å²) < 4.78 is 5.02. The molecule has 12 heteroatoms. The number of fused-ring (bicyclic) bond motifs is 1. The van der Waals surface area contributed by atoms with Crippen LogP contribution in [0.5, 0.6) is 0 Å². The molecular formula is C34H37N7O4S. The maximum Gasteiger partial charge on any atom is 0.263 e. The number of rotatable bonds is 6. The molecule has 5 aromatic rings. The molecule has 1 aromatic carbocycles. The number of benzene rings is 1. The molecule has 1 N–H and O–H groups in total. The van der Waals surface area contributed by atoms with Crippen LogP contribution < -0.4 is 5.56 Å². The third-order valence-electron chi connectivity index (χ3n) is 9.57. The van der Waals surface area contributed by atoms with Gasteiger partial charge in [-0.25, -0.2) is 4.98 Å². The van der Waals surface area contributed by atoms with Crippen LogP contribution in [0, 0.1) is 5.92 Å². The van der Waals surface area contributed by atoms with E-state index in [2.05, 4.69) is 10.1 Å². The van der Waals surface area contributed by atoms with Crippen LogP contribution in [0.4, 0.5) is 0 Å². The molecule has 0 saturated carbocycles. The van der Waals surface area contributed by atoms with Gasteiger partial charge in [0.25, 0.3) is 11.5 Å². The summed E-state index contributed by atoms with van der Waals surface area (Å²) in [5, 5.41) is 16.2. The van der Waals surface area contributed by atoms with E-state index in [1.165, 1.54) is 22.2 Å². The fourth-order valence-electron chi connectivity index (χ4n) is 6.93. The molecule has 2 amide bonds. The van der Waals surface area contributed by atoms with Crippen LogP contribution in [-0.4, -0.2) is 82.4 Å². The lowest BCUT2D eigenvalue weighted by Gasteiger charge is -2.43. The third kappa shape index (κ3) is 5.67. The van der Waals surface area contributed by atoms with Gasteiger partial charge in [0.2, 0.25) is 5.91 Å². The summed E-state index contributed by atoms with van der Waals surface area (Å²) in [6, 6.07) is 15.6. The summed E-state index contributed by atoms with van der Waals surface area (Å²) in [7, 11) is 3.71. The zero-order valence-electron chi connectivity index (χ0n) is 26.0. The van der Waals surface area contributed by atoms with Gasteiger partial charge in [-0.1, -0.05) is 30.3 Å². The predicted octanol–water partition coefficient (Wildman–Crippen LogP) is 3.50. The van der Waals surface area contributed by atoms with Crippen LogP contribution in [0.25, 0.3) is 21.5 Å². The predicted molar refractivity (Wildman–Crippen MR) is 175 cm³/mol. The topological polar surface area (TPSA) is 118 Å². The van der Waals surface area contributed by atoms with E-state index < -0.39 is 5.60 Å². The van der Waals surface area contributed by atoms with Crippen molar-refractivity contribution in [1.29, 1.82) is 0 Å². The molecule has 2 aliphatic rings. The van der Waals surface area contributed by atoms with Crippen molar-refractivity contribution < 1.29 is 14.7 Å². The standard InChI is InChI=1S/C34H37N7O4S/c1-37-14-10-26-30(37)35-22-41(32(26)43)21-34(45)12-16-39(17-13-34)31(42)25-11-15-40(20-27(25)23-6-4-3-5-7-23)33(44)29-9-8-28(46-29)24-18-36-38(2)19-24/h3-10,14,18-19,22,25,27,45H,11-13,15-17,20-21H2,1-2H3/t25-,27+/m1/s1. The Bertz CT molecular complexity index is 1950. The van der Waals surface area contributed by atoms with Crippen molar-refractivity contribution >= 4 is 34.2 Å². The summed E-state index contributed by atoms with van der Waals surface area (Å²) >= 11 is 1.46. The first-order chi connectivity index (χ1) is 22.2. The second kappa shape index (κ2) is 12.0. The van der Waals surface area contributed by atoms with Crippen molar-refractivity contribution in [3.05, 3.63) is 94.2 Å². The van der Waals surface area contributed by atoms with Crippen molar-refractivity contribution in [1.82, 2.24) is 33.7 Å². The minimum absolute atomic E-state index is 0.0200. The van der Waals surface area contributed by atoms with Gasteiger partial charge < -0.3 is 19.5 Å². The second-order valence-electron chi connectivity index (χ2n) is 12.6. The maximum atomic E-state index is 14.1. The highest BCUT2D eigenvalue weighted by molar-refractivity contribution is 7.17. The van der Waals surface area contributed by atoms with Crippen molar-refractivity contribution in [3.8, 4) is 10.4 Å². The number of piperidine rings is 2. The summed E-state index contributed by atoms with van der Waals surface area (Å²) in [6.45, 7) is 1.88. The van der Waals surface area contributed by atoms with Gasteiger partial charge >= 0.3 is 0 Å². The summed E-state index contributed by atoms with van der Waals surface area (Å²) in [5.41, 5.74) is 1.33. The van der Waals surface area contributed by atoms with E-state index in [-0.39, 0.29) is 35.8 Å². The second-order valence-corrected chi connectivity index (χ2v) is 13.7. The molecule has 7 rings (SSSR count). The van der Waals surface area contributed by atoms with Crippen molar-refractivity contribution in [3.63, 3.8) is 0 Å². The zero-order valence-corrected chi connectivity index (χ0v) is 26.8. The molecule has 2 atom stereocenters. The fourth-order valence-corrected chi connectivity index (χ4v) is 7.88. The molecule has 2 saturated heterocycles. The highest BCUT2D eigenvalue weighted by Gasteiger charge is 2.42. The molecule has 11 nitrogen and oxygen atoms in total. The van der Waals surface area contributed by atoms with Crippen molar-refractivity contribution in [2.24, 2.45) is 20.0 Å². The average molecular weight is 640 g/mol. The Labute approximate surface area is 270 Å². The number of aromatic nitrogens is 5. The molecule has 0 unspecified atom stereocenters. The normalized spacial score (nSPS) is 19.9. The molecule has 0 aliphatic carbocycles. The van der Waals surface area contributed by atoms with Crippen LogP contribution >= 0.6 is 11.3 Å². The minimum Gasteiger partial charge on any atom is -0.388 e. The number of hydrogen-bond donors (Lipinski definition) is 1. The molecule has 2 fully saturated rings. The Hall–Kier alpha value is -4.55. The Kier molecular flexibility index (Phi) is 7.85. The number of hydrogen-bond acceptors (Lipinski definition) is 7. The van der Waals surface area contributed by atoms with Gasteiger partial charge in [-0.15, -0.1) is 11.3 Å². The molecule has 238 valence electrons. The average Bonchev–Trinajstić information content (AvgIpc) is 3.83. The molecule has 2 aliphatic heterocycles. The van der Waals surface area contributed by atoms with Gasteiger partial charge in [-0.2, -0.15) is 5.10 Å². The van der Waals surface area contributed by atoms with E-state index in [0.717, 1.165) is 16.0 Å². The van der Waals surface area contributed by atoms with E-state index in [9.17, 15) is 19.5 Å². The lowest BCUT2D eigenvalue weighted by atomic mass is 9.79. The number of carbonyl (C=O) groups excluding carboxylic acids is 2. The van der Waals surface area contributed by atoms with Crippen molar-refractivity contribution in [2.45, 2.75) is 37.3 Å². The monoisotopic (exact) mass is 639 g/mol. The van der Waals surface area contributed by atoms with E-state index in [1.807, 2.05) is 72.6 Å². The Morgan fingerprint density at radius 1 is 1.02 bits per heavy atom. The van der Waals surface area contributed by atoms with E-state index in [1.54, 1.807) is 27.7 Å². The van der Waals surface area contributed by atoms with Gasteiger partial charge in [0.05, 0.1) is 28.6 Å². The van der Waals surface area contributed by atoms with Gasteiger partial charge in [-0.05, 0) is 43.0 Å². The molecular weight excluding hydrogens is 602 g/mol. The number of amides is 2. The van der Waals surface area contributed by atoms with Crippen LogP contribution in [0.1, 0.15) is 40.4 Å². The maximum absolute atomic E-state index is 14.1. The largest absolute Gasteiger partial charge is 0.388 e. The zero-order chi connectivity index (χ0) is 32.0. The summed E-state index contributed by atoms with van der Waals surface area (Å²) in [6.07, 6.45) is 8.31. The molecule has 0 radical (unpaired) electrons. The highest BCUT2D eigenvalue weighted by Crippen LogP contribution is 2.37. The van der Waals surface area contributed by atoms with Gasteiger partial charge in [-0.3, -0.25) is 23.6 Å². The van der Waals surface area contributed by atoms with Crippen LogP contribution in [0.3, 0.4) is 0 Å². The highest BCUT2D eigenvalue weighted by atomic mass is 32.1. The Morgan fingerprint density at radius 2 is 1.80 bits per heavy atom. The quantitative estimate of drug-likeness (QED) is 0.304. The lowest BCUT2D eigenvalue weighted by Crippen LogP contribution is -2.53. The SMILES string of the molecule is Cn1cc(-c2ccc(C(=O)N3CC[C@@H](C(=O)N4CCC(O)(Cn5cnc6c(ccn6C)c5=O)CC4)[C@H](c4ccccc4)C3)s2)cn1. The molecule has 0 spiro atoms. The number of nitrogens with zero attached hydrogens (tertiary/aromatic N) is 7.